The number of carbonyl (C=O) groups is 1. The van der Waals surface area contributed by atoms with E-state index in [-0.39, 0.29) is 23.9 Å². The zero-order chi connectivity index (χ0) is 20.7. The van der Waals surface area contributed by atoms with Crippen LogP contribution in [0.3, 0.4) is 0 Å². The first-order valence-electron chi connectivity index (χ1n) is 9.78. The molecule has 0 bridgehead atoms. The largest absolute Gasteiger partial charge is 0.475 e. The fourth-order valence-corrected chi connectivity index (χ4v) is 4.92. The molecule has 5 nitrogen and oxygen atoms in total. The molecule has 0 saturated heterocycles. The zero-order valence-electron chi connectivity index (χ0n) is 17.2. The van der Waals surface area contributed by atoms with E-state index in [0.29, 0.717) is 18.8 Å². The minimum atomic E-state index is 0.0420. The van der Waals surface area contributed by atoms with Crippen LogP contribution in [0, 0.1) is 5.41 Å². The molecule has 156 valence electrons. The van der Waals surface area contributed by atoms with Crippen LogP contribution in [0.2, 0.25) is 0 Å². The SMILES string of the molecule is CC(C)(C)CC1CN=C(CSc2cnc(CC(=O)COCc3ccccc3)s2)O1. The molecule has 0 amide bonds. The lowest BCUT2D eigenvalue weighted by molar-refractivity contribution is -0.123. The van der Waals surface area contributed by atoms with E-state index in [1.165, 1.54) is 0 Å². The predicted octanol–water partition coefficient (Wildman–Crippen LogP) is 4.80. The van der Waals surface area contributed by atoms with Crippen molar-refractivity contribution in [1.82, 2.24) is 4.98 Å². The summed E-state index contributed by atoms with van der Waals surface area (Å²) >= 11 is 3.21. The second-order valence-electron chi connectivity index (χ2n) is 8.29. The highest BCUT2D eigenvalue weighted by Crippen LogP contribution is 2.29. The second-order valence-corrected chi connectivity index (χ2v) is 10.7. The van der Waals surface area contributed by atoms with Crippen LogP contribution in [0.25, 0.3) is 0 Å². The summed E-state index contributed by atoms with van der Waals surface area (Å²) in [5.74, 6) is 1.56. The summed E-state index contributed by atoms with van der Waals surface area (Å²) in [6.07, 6.45) is 3.33. The lowest BCUT2D eigenvalue weighted by atomic mass is 9.89. The average molecular weight is 433 g/mol. The quantitative estimate of drug-likeness (QED) is 0.505. The molecule has 29 heavy (non-hydrogen) atoms. The van der Waals surface area contributed by atoms with Crippen molar-refractivity contribution >= 4 is 34.8 Å². The Morgan fingerprint density at radius 1 is 1.31 bits per heavy atom. The van der Waals surface area contributed by atoms with Gasteiger partial charge in [-0.3, -0.25) is 9.79 Å². The summed E-state index contributed by atoms with van der Waals surface area (Å²) in [4.78, 5) is 21.0. The van der Waals surface area contributed by atoms with Crippen LogP contribution in [0.4, 0.5) is 0 Å². The summed E-state index contributed by atoms with van der Waals surface area (Å²) in [7, 11) is 0. The highest BCUT2D eigenvalue weighted by Gasteiger charge is 2.25. The standard InChI is InChI=1S/C22H28N2O3S2/c1-22(2,3)10-18-11-23-19(27-18)15-28-21-12-24-20(29-21)9-17(25)14-26-13-16-7-5-4-6-8-16/h4-8,12,18H,9-11,13-15H2,1-3H3. The fourth-order valence-electron chi connectivity index (χ4n) is 2.99. The number of aromatic nitrogens is 1. The molecular weight excluding hydrogens is 404 g/mol. The smallest absolute Gasteiger partial charge is 0.194 e. The van der Waals surface area contributed by atoms with Crippen LogP contribution >= 0.6 is 23.1 Å². The van der Waals surface area contributed by atoms with E-state index in [0.717, 1.165) is 33.6 Å². The molecule has 0 saturated carbocycles. The molecule has 1 aliphatic rings. The van der Waals surface area contributed by atoms with Crippen LogP contribution < -0.4 is 0 Å². The number of aliphatic imine (C=N–C) groups is 1. The third kappa shape index (κ3) is 7.91. The van der Waals surface area contributed by atoms with Gasteiger partial charge in [-0.1, -0.05) is 51.1 Å². The topological polar surface area (TPSA) is 60.8 Å². The van der Waals surface area contributed by atoms with Gasteiger partial charge in [0.2, 0.25) is 0 Å². The van der Waals surface area contributed by atoms with Crippen molar-refractivity contribution in [2.45, 2.75) is 50.5 Å². The molecule has 0 aliphatic carbocycles. The molecule has 1 aliphatic heterocycles. The monoisotopic (exact) mass is 432 g/mol. The van der Waals surface area contributed by atoms with Crippen molar-refractivity contribution in [1.29, 1.82) is 0 Å². The Labute approximate surface area is 180 Å². The van der Waals surface area contributed by atoms with Gasteiger partial charge in [0, 0.05) is 0 Å². The summed E-state index contributed by atoms with van der Waals surface area (Å²) < 4.78 is 12.5. The highest BCUT2D eigenvalue weighted by molar-refractivity contribution is 8.01. The third-order valence-corrected chi connectivity index (χ3v) is 6.38. The molecule has 1 aromatic heterocycles. The predicted molar refractivity (Wildman–Crippen MR) is 119 cm³/mol. The van der Waals surface area contributed by atoms with Crippen LogP contribution in [-0.2, 0) is 27.3 Å². The Bertz CT molecular complexity index is 828. The van der Waals surface area contributed by atoms with E-state index < -0.39 is 0 Å². The minimum Gasteiger partial charge on any atom is -0.475 e. The molecule has 2 heterocycles. The van der Waals surface area contributed by atoms with Crippen LogP contribution in [0.5, 0.6) is 0 Å². The highest BCUT2D eigenvalue weighted by atomic mass is 32.2. The number of hydrogen-bond acceptors (Lipinski definition) is 7. The summed E-state index contributed by atoms with van der Waals surface area (Å²) in [5, 5.41) is 0.820. The first-order chi connectivity index (χ1) is 13.9. The third-order valence-electron chi connectivity index (χ3n) is 4.21. The van der Waals surface area contributed by atoms with Gasteiger partial charge in [-0.25, -0.2) is 4.98 Å². The van der Waals surface area contributed by atoms with E-state index in [4.69, 9.17) is 9.47 Å². The number of Topliss-reactive ketones (excluding diaryl/α,β-unsaturated/α-hetero) is 1. The van der Waals surface area contributed by atoms with Crippen molar-refractivity contribution in [2.24, 2.45) is 10.4 Å². The number of thioether (sulfide) groups is 1. The molecule has 1 unspecified atom stereocenters. The van der Waals surface area contributed by atoms with Gasteiger partial charge in [0.05, 0.1) is 35.7 Å². The van der Waals surface area contributed by atoms with Crippen molar-refractivity contribution in [3.8, 4) is 0 Å². The molecule has 7 heteroatoms. The molecule has 0 N–H and O–H groups in total. The van der Waals surface area contributed by atoms with E-state index in [2.05, 4.69) is 30.7 Å². The van der Waals surface area contributed by atoms with Gasteiger partial charge < -0.3 is 9.47 Å². The minimum absolute atomic E-state index is 0.0420. The van der Waals surface area contributed by atoms with Gasteiger partial charge in [-0.05, 0) is 17.4 Å². The number of benzene rings is 1. The number of ketones is 1. The van der Waals surface area contributed by atoms with E-state index in [1.54, 1.807) is 23.1 Å². The maximum atomic E-state index is 12.1. The second kappa shape index (κ2) is 10.4. The molecule has 0 spiro atoms. The van der Waals surface area contributed by atoms with E-state index >= 15 is 0 Å². The van der Waals surface area contributed by atoms with Gasteiger partial charge in [0.1, 0.15) is 17.7 Å². The van der Waals surface area contributed by atoms with Gasteiger partial charge in [0.25, 0.3) is 0 Å². The number of carbonyl (C=O) groups excluding carboxylic acids is 1. The maximum absolute atomic E-state index is 12.1. The number of thiazole rings is 1. The molecular formula is C22H28N2O3S2. The Hall–Kier alpha value is -1.70. The van der Waals surface area contributed by atoms with Crippen molar-refractivity contribution < 1.29 is 14.3 Å². The van der Waals surface area contributed by atoms with Gasteiger partial charge in [-0.2, -0.15) is 0 Å². The van der Waals surface area contributed by atoms with Crippen LogP contribution in [0.1, 0.15) is 37.8 Å². The van der Waals surface area contributed by atoms with Crippen LogP contribution in [0.15, 0.2) is 45.7 Å². The lowest BCUT2D eigenvalue weighted by Crippen LogP contribution is -2.21. The molecule has 1 atom stereocenters. The summed E-state index contributed by atoms with van der Waals surface area (Å²) in [6.45, 7) is 7.96. The van der Waals surface area contributed by atoms with Gasteiger partial charge in [0.15, 0.2) is 11.7 Å². The summed E-state index contributed by atoms with van der Waals surface area (Å²) in [5.41, 5.74) is 1.31. The van der Waals surface area contributed by atoms with Crippen LogP contribution in [-0.4, -0.2) is 41.7 Å². The number of nitrogens with zero attached hydrogens (tertiary/aromatic N) is 2. The van der Waals surface area contributed by atoms with Crippen molar-refractivity contribution in [3.05, 3.63) is 47.1 Å². The Balaban J connectivity index is 1.35. The zero-order valence-corrected chi connectivity index (χ0v) is 18.9. The number of ether oxygens (including phenoxy) is 2. The first kappa shape index (κ1) is 22.0. The lowest BCUT2D eigenvalue weighted by Gasteiger charge is -2.22. The van der Waals surface area contributed by atoms with Gasteiger partial charge >= 0.3 is 0 Å². The maximum Gasteiger partial charge on any atom is 0.194 e. The van der Waals surface area contributed by atoms with Crippen molar-refractivity contribution in [3.63, 3.8) is 0 Å². The Morgan fingerprint density at radius 2 is 2.10 bits per heavy atom. The number of hydrogen-bond donors (Lipinski definition) is 0. The Morgan fingerprint density at radius 3 is 2.86 bits per heavy atom. The molecule has 2 aromatic rings. The first-order valence-corrected chi connectivity index (χ1v) is 11.6. The molecule has 1 aromatic carbocycles. The number of rotatable bonds is 10. The van der Waals surface area contributed by atoms with E-state index in [9.17, 15) is 4.79 Å². The van der Waals surface area contributed by atoms with Gasteiger partial charge in [-0.15, -0.1) is 23.1 Å². The fraction of sp³-hybridized carbons (Fsp3) is 0.500. The normalized spacial score (nSPS) is 16.5. The van der Waals surface area contributed by atoms with E-state index in [1.807, 2.05) is 36.5 Å². The average Bonchev–Trinajstić information content (AvgIpc) is 3.29. The van der Waals surface area contributed by atoms with Crippen molar-refractivity contribution in [2.75, 3.05) is 18.9 Å². The molecule has 0 radical (unpaired) electrons. The summed E-state index contributed by atoms with van der Waals surface area (Å²) in [6, 6.07) is 9.85. The molecule has 0 fully saturated rings. The Kier molecular flexibility index (Phi) is 7.86. The molecule has 3 rings (SSSR count).